The lowest BCUT2D eigenvalue weighted by molar-refractivity contribution is 0.0621. The lowest BCUT2D eigenvalue weighted by atomic mass is 10.1. The van der Waals surface area contributed by atoms with E-state index in [2.05, 4.69) is 20.6 Å². The zero-order valence-electron chi connectivity index (χ0n) is 14.1. The fourth-order valence-electron chi connectivity index (χ4n) is 3.22. The summed E-state index contributed by atoms with van der Waals surface area (Å²) in [5.41, 5.74) is 2.27. The fraction of sp³-hybridized carbons (Fsp3) is 0.375. The minimum atomic E-state index is -0.0798. The molecule has 9 heteroatoms. The van der Waals surface area contributed by atoms with Crippen LogP contribution in [0.15, 0.2) is 30.6 Å². The Morgan fingerprint density at radius 1 is 1.32 bits per heavy atom. The maximum absolute atomic E-state index is 13.1. The molecule has 1 aliphatic heterocycles. The van der Waals surface area contributed by atoms with Crippen LogP contribution in [0.25, 0.3) is 11.0 Å². The number of benzene rings is 1. The van der Waals surface area contributed by atoms with Gasteiger partial charge in [-0.15, -0.1) is 17.5 Å². The first kappa shape index (κ1) is 17.4. The van der Waals surface area contributed by atoms with E-state index in [1.54, 1.807) is 10.9 Å². The number of halogens is 1. The Kier molecular flexibility index (Phi) is 4.73. The molecule has 8 nitrogen and oxygen atoms in total. The highest BCUT2D eigenvalue weighted by Gasteiger charge is 2.31. The second-order valence-corrected chi connectivity index (χ2v) is 6.03. The average molecular weight is 362 g/mol. The molecule has 0 spiro atoms. The molecule has 0 radical (unpaired) electrons. The van der Waals surface area contributed by atoms with Crippen LogP contribution in [0.3, 0.4) is 0 Å². The molecular weight excluding hydrogens is 342 g/mol. The van der Waals surface area contributed by atoms with Crippen molar-refractivity contribution in [2.24, 2.45) is 14.1 Å². The lowest BCUT2D eigenvalue weighted by Crippen LogP contribution is -2.49. The van der Waals surface area contributed by atoms with Gasteiger partial charge in [0, 0.05) is 51.7 Å². The molecule has 4 rings (SSSR count). The van der Waals surface area contributed by atoms with E-state index in [0.29, 0.717) is 18.7 Å². The van der Waals surface area contributed by atoms with Crippen LogP contribution in [-0.2, 0) is 14.1 Å². The third-order valence-electron chi connectivity index (χ3n) is 4.52. The largest absolute Gasteiger partial charge is 0.336 e. The summed E-state index contributed by atoms with van der Waals surface area (Å²) in [6.45, 7) is 2.12. The number of hydrogen-bond acceptors (Lipinski definition) is 5. The van der Waals surface area contributed by atoms with E-state index in [9.17, 15) is 4.79 Å². The number of amides is 1. The number of hydrogen-bond donors (Lipinski definition) is 1. The van der Waals surface area contributed by atoms with Gasteiger partial charge in [-0.2, -0.15) is 0 Å². The Morgan fingerprint density at radius 2 is 2.16 bits per heavy atom. The van der Waals surface area contributed by atoms with E-state index in [1.165, 1.54) is 0 Å². The molecule has 1 unspecified atom stereocenters. The monoisotopic (exact) mass is 361 g/mol. The molecule has 25 heavy (non-hydrogen) atoms. The second-order valence-electron chi connectivity index (χ2n) is 6.03. The molecule has 2 aromatic heterocycles. The Labute approximate surface area is 151 Å². The summed E-state index contributed by atoms with van der Waals surface area (Å²) < 4.78 is 3.66. The van der Waals surface area contributed by atoms with Crippen molar-refractivity contribution in [3.05, 3.63) is 42.0 Å². The number of piperazine rings is 1. The lowest BCUT2D eigenvalue weighted by Gasteiger charge is -2.35. The van der Waals surface area contributed by atoms with Crippen molar-refractivity contribution in [3.8, 4) is 0 Å². The molecule has 1 saturated heterocycles. The van der Waals surface area contributed by atoms with Crippen LogP contribution in [0.5, 0.6) is 0 Å². The molecule has 3 aromatic rings. The third kappa shape index (κ3) is 2.98. The van der Waals surface area contributed by atoms with Crippen molar-refractivity contribution in [3.63, 3.8) is 0 Å². The SMILES string of the molecule is Cl.Cn1ccnc1C1CNCCN1C(=O)c1ccc2c(c1)nnn2C. The predicted molar refractivity (Wildman–Crippen MR) is 95.6 cm³/mol. The quantitative estimate of drug-likeness (QED) is 0.733. The van der Waals surface area contributed by atoms with Crippen molar-refractivity contribution < 1.29 is 4.79 Å². The normalized spacial score (nSPS) is 17.5. The van der Waals surface area contributed by atoms with Crippen LogP contribution >= 0.6 is 12.4 Å². The molecule has 1 aromatic carbocycles. The summed E-state index contributed by atoms with van der Waals surface area (Å²) in [5, 5.41) is 11.4. The summed E-state index contributed by atoms with van der Waals surface area (Å²) in [6, 6.07) is 5.46. The molecule has 1 amide bonds. The topological polar surface area (TPSA) is 80.9 Å². The molecule has 0 saturated carbocycles. The maximum Gasteiger partial charge on any atom is 0.254 e. The molecular formula is C16H20ClN7O. The smallest absolute Gasteiger partial charge is 0.254 e. The molecule has 1 fully saturated rings. The number of fused-ring (bicyclic) bond motifs is 1. The molecule has 132 valence electrons. The van der Waals surface area contributed by atoms with E-state index < -0.39 is 0 Å². The number of aromatic nitrogens is 5. The number of imidazole rings is 1. The van der Waals surface area contributed by atoms with E-state index in [-0.39, 0.29) is 24.4 Å². The summed E-state index contributed by atoms with van der Waals surface area (Å²) in [6.07, 6.45) is 3.66. The molecule has 1 aliphatic rings. The van der Waals surface area contributed by atoms with Crippen molar-refractivity contribution in [1.29, 1.82) is 0 Å². The van der Waals surface area contributed by atoms with Crippen LogP contribution in [0.1, 0.15) is 22.2 Å². The van der Waals surface area contributed by atoms with Crippen LogP contribution < -0.4 is 5.32 Å². The van der Waals surface area contributed by atoms with Crippen molar-refractivity contribution in [1.82, 2.24) is 34.8 Å². The third-order valence-corrected chi connectivity index (χ3v) is 4.52. The number of carbonyl (C=O) groups excluding carboxylic acids is 1. The molecule has 0 bridgehead atoms. The number of aryl methyl sites for hydroxylation is 2. The van der Waals surface area contributed by atoms with Gasteiger partial charge in [-0.3, -0.25) is 4.79 Å². The second kappa shape index (κ2) is 6.81. The van der Waals surface area contributed by atoms with Gasteiger partial charge >= 0.3 is 0 Å². The van der Waals surface area contributed by atoms with E-state index in [4.69, 9.17) is 0 Å². The minimum absolute atomic E-state index is 0. The average Bonchev–Trinajstić information content (AvgIpc) is 3.20. The van der Waals surface area contributed by atoms with Crippen LogP contribution in [-0.4, -0.2) is 55.0 Å². The van der Waals surface area contributed by atoms with Crippen molar-refractivity contribution >= 4 is 29.3 Å². The molecule has 0 aliphatic carbocycles. The highest BCUT2D eigenvalue weighted by atomic mass is 35.5. The fourth-order valence-corrected chi connectivity index (χ4v) is 3.22. The van der Waals surface area contributed by atoms with Crippen molar-refractivity contribution in [2.75, 3.05) is 19.6 Å². The Bertz CT molecular complexity index is 903. The van der Waals surface area contributed by atoms with Gasteiger partial charge in [-0.1, -0.05) is 5.21 Å². The predicted octanol–water partition coefficient (Wildman–Crippen LogP) is 0.910. The Balaban J connectivity index is 0.00000182. The van der Waals surface area contributed by atoms with Gasteiger partial charge in [0.1, 0.15) is 17.4 Å². The van der Waals surface area contributed by atoms with E-state index >= 15 is 0 Å². The Hall–Kier alpha value is -2.45. The van der Waals surface area contributed by atoms with Gasteiger partial charge in [0.15, 0.2) is 0 Å². The standard InChI is InChI=1S/C16H19N7O.ClH/c1-21-7-6-18-15(21)14-10-17-5-8-23(14)16(24)11-3-4-13-12(9-11)19-20-22(13)2;/h3-4,6-7,9,14,17H,5,8,10H2,1-2H3;1H. The highest BCUT2D eigenvalue weighted by Crippen LogP contribution is 2.23. The van der Waals surface area contributed by atoms with Gasteiger partial charge < -0.3 is 14.8 Å². The minimum Gasteiger partial charge on any atom is -0.336 e. The number of nitrogens with zero attached hydrogens (tertiary/aromatic N) is 6. The first-order valence-electron chi connectivity index (χ1n) is 7.93. The van der Waals surface area contributed by atoms with Crippen molar-refractivity contribution in [2.45, 2.75) is 6.04 Å². The summed E-state index contributed by atoms with van der Waals surface area (Å²) in [7, 11) is 3.79. The van der Waals surface area contributed by atoms with Crippen LogP contribution in [0.4, 0.5) is 0 Å². The number of nitrogens with one attached hydrogen (secondary N) is 1. The summed E-state index contributed by atoms with van der Waals surface area (Å²) in [5.74, 6) is 0.883. The number of rotatable bonds is 2. The Morgan fingerprint density at radius 3 is 2.92 bits per heavy atom. The molecule has 3 heterocycles. The summed E-state index contributed by atoms with van der Waals surface area (Å²) in [4.78, 5) is 19.4. The first-order chi connectivity index (χ1) is 11.6. The van der Waals surface area contributed by atoms with Gasteiger partial charge in [-0.25, -0.2) is 9.67 Å². The van der Waals surface area contributed by atoms with Gasteiger partial charge in [-0.05, 0) is 18.2 Å². The zero-order valence-corrected chi connectivity index (χ0v) is 14.9. The van der Waals surface area contributed by atoms with Gasteiger partial charge in [0.25, 0.3) is 5.91 Å². The zero-order chi connectivity index (χ0) is 16.7. The van der Waals surface area contributed by atoms with Crippen LogP contribution in [0.2, 0.25) is 0 Å². The van der Waals surface area contributed by atoms with E-state index in [1.807, 2.05) is 48.0 Å². The molecule has 1 atom stereocenters. The summed E-state index contributed by atoms with van der Waals surface area (Å²) >= 11 is 0. The van der Waals surface area contributed by atoms with Crippen LogP contribution in [0, 0.1) is 0 Å². The maximum atomic E-state index is 13.1. The molecule has 1 N–H and O–H groups in total. The number of carbonyl (C=O) groups is 1. The van der Waals surface area contributed by atoms with E-state index in [0.717, 1.165) is 23.4 Å². The van der Waals surface area contributed by atoms with Gasteiger partial charge in [0.05, 0.1) is 5.52 Å². The highest BCUT2D eigenvalue weighted by molar-refractivity contribution is 5.97. The first-order valence-corrected chi connectivity index (χ1v) is 7.93. The van der Waals surface area contributed by atoms with Gasteiger partial charge in [0.2, 0.25) is 0 Å².